The molecule has 10 unspecified atom stereocenters. The summed E-state index contributed by atoms with van der Waals surface area (Å²) < 4.78 is 12.9. The van der Waals surface area contributed by atoms with Crippen LogP contribution in [0.15, 0.2) is 0 Å². The lowest BCUT2D eigenvalue weighted by atomic mass is 9.67. The van der Waals surface area contributed by atoms with Gasteiger partial charge in [-0.1, -0.05) is 33.1 Å². The summed E-state index contributed by atoms with van der Waals surface area (Å²) in [6, 6.07) is 0. The molecule has 0 aliphatic heterocycles. The zero-order chi connectivity index (χ0) is 24.2. The van der Waals surface area contributed by atoms with Gasteiger partial charge in [0.15, 0.2) is 0 Å². The lowest BCUT2D eigenvalue weighted by Crippen LogP contribution is -2.49. The van der Waals surface area contributed by atoms with Crippen LogP contribution in [-0.2, 0) is 24.0 Å². The van der Waals surface area contributed by atoms with E-state index in [1.54, 1.807) is 0 Å². The second-order valence-corrected chi connectivity index (χ2v) is 11.8. The fourth-order valence-electron chi connectivity index (χ4n) is 7.43. The second-order valence-electron chi connectivity index (χ2n) is 11.8. The summed E-state index contributed by atoms with van der Waals surface area (Å²) in [5.74, 6) is -0.473. The predicted molar refractivity (Wildman–Crippen MR) is 126 cm³/mol. The highest BCUT2D eigenvalue weighted by Crippen LogP contribution is 2.46. The number of hydrogen-bond acceptors (Lipinski definition) is 6. The summed E-state index contributed by atoms with van der Waals surface area (Å²) in [6.07, 6.45) is 11.4. The van der Waals surface area contributed by atoms with E-state index in [9.17, 15) is 14.7 Å². The maximum atomic E-state index is 13.2. The van der Waals surface area contributed by atoms with Crippen molar-refractivity contribution in [2.24, 2.45) is 41.4 Å². The van der Waals surface area contributed by atoms with Crippen molar-refractivity contribution in [3.63, 3.8) is 0 Å². The van der Waals surface area contributed by atoms with Gasteiger partial charge in [0, 0.05) is 11.8 Å². The number of hydrogen-bond donors (Lipinski definition) is 2. The van der Waals surface area contributed by atoms with Gasteiger partial charge in [0.1, 0.15) is 6.10 Å². The standard InChI is InChI=1S/C27H44O7/c1-16-8-10-21(26(28)29)22(13-16)27(30)34-24-12-11-23(19-5-3-4-6-20(19)24)33-25-14-17(2)7-9-18(25)15-32-31/h16-25,31H,3-15H2,1-2H3,(H,28,29). The van der Waals surface area contributed by atoms with E-state index in [4.69, 9.17) is 14.7 Å². The van der Waals surface area contributed by atoms with Crippen LogP contribution in [0.4, 0.5) is 0 Å². The normalized spacial score (nSPS) is 43.0. The Morgan fingerprint density at radius 3 is 2.12 bits per heavy atom. The van der Waals surface area contributed by atoms with E-state index >= 15 is 0 Å². The van der Waals surface area contributed by atoms with E-state index in [2.05, 4.69) is 18.7 Å². The average Bonchev–Trinajstić information content (AvgIpc) is 2.82. The number of carboxylic acid groups (broad SMARTS) is 1. The number of esters is 1. The largest absolute Gasteiger partial charge is 0.481 e. The van der Waals surface area contributed by atoms with Crippen molar-refractivity contribution in [2.45, 2.75) is 109 Å². The number of fused-ring (bicyclic) bond motifs is 1. The Bertz CT molecular complexity index is 696. The van der Waals surface area contributed by atoms with Crippen molar-refractivity contribution in [3.05, 3.63) is 0 Å². The van der Waals surface area contributed by atoms with Crippen LogP contribution in [0.2, 0.25) is 0 Å². The topological polar surface area (TPSA) is 102 Å². The first-order chi connectivity index (χ1) is 16.4. The van der Waals surface area contributed by atoms with E-state index in [0.29, 0.717) is 37.2 Å². The summed E-state index contributed by atoms with van der Waals surface area (Å²) in [6.45, 7) is 4.69. The highest BCUT2D eigenvalue weighted by atomic mass is 17.1. The van der Waals surface area contributed by atoms with Crippen molar-refractivity contribution in [3.8, 4) is 0 Å². The van der Waals surface area contributed by atoms with Gasteiger partial charge in [-0.15, -0.1) is 0 Å². The number of carbonyl (C=O) groups excluding carboxylic acids is 1. The van der Waals surface area contributed by atoms with Crippen molar-refractivity contribution < 1.29 is 34.3 Å². The maximum absolute atomic E-state index is 13.2. The molecule has 0 radical (unpaired) electrons. The Morgan fingerprint density at radius 1 is 0.765 bits per heavy atom. The van der Waals surface area contributed by atoms with Gasteiger partial charge in [-0.3, -0.25) is 14.8 Å². The second kappa shape index (κ2) is 11.7. The fourth-order valence-corrected chi connectivity index (χ4v) is 7.43. The summed E-state index contributed by atoms with van der Waals surface area (Å²) in [4.78, 5) is 29.5. The van der Waals surface area contributed by atoms with Gasteiger partial charge in [-0.05, 0) is 75.5 Å². The molecule has 34 heavy (non-hydrogen) atoms. The minimum atomic E-state index is -0.871. The first-order valence-electron chi connectivity index (χ1n) is 13.7. The zero-order valence-corrected chi connectivity index (χ0v) is 20.9. The van der Waals surface area contributed by atoms with Gasteiger partial charge in [0.2, 0.25) is 0 Å². The van der Waals surface area contributed by atoms with Crippen LogP contribution < -0.4 is 0 Å². The van der Waals surface area contributed by atoms with Crippen LogP contribution >= 0.6 is 0 Å². The molecule has 0 spiro atoms. The Hall–Kier alpha value is -1.18. The molecular weight excluding hydrogens is 436 g/mol. The van der Waals surface area contributed by atoms with Crippen LogP contribution in [0.3, 0.4) is 0 Å². The Kier molecular flexibility index (Phi) is 8.91. The molecule has 194 valence electrons. The van der Waals surface area contributed by atoms with E-state index in [-0.39, 0.29) is 36.1 Å². The molecule has 4 rings (SSSR count). The molecule has 0 aromatic carbocycles. The summed E-state index contributed by atoms with van der Waals surface area (Å²) >= 11 is 0. The van der Waals surface area contributed by atoms with Crippen molar-refractivity contribution in [2.75, 3.05) is 6.61 Å². The molecule has 7 heteroatoms. The zero-order valence-electron chi connectivity index (χ0n) is 20.9. The fraction of sp³-hybridized carbons (Fsp3) is 0.926. The molecule has 0 amide bonds. The quantitative estimate of drug-likeness (QED) is 0.289. The molecule has 7 nitrogen and oxygen atoms in total. The Labute approximate surface area is 203 Å². The molecule has 4 fully saturated rings. The molecule has 0 aromatic heterocycles. The van der Waals surface area contributed by atoms with Crippen molar-refractivity contribution in [1.82, 2.24) is 0 Å². The number of carbonyl (C=O) groups is 2. The molecule has 10 atom stereocenters. The first kappa shape index (κ1) is 25.9. The average molecular weight is 481 g/mol. The molecule has 2 N–H and O–H groups in total. The van der Waals surface area contributed by atoms with Crippen LogP contribution in [0.1, 0.15) is 90.9 Å². The third-order valence-electron chi connectivity index (χ3n) is 9.39. The van der Waals surface area contributed by atoms with Gasteiger partial charge < -0.3 is 14.6 Å². The van der Waals surface area contributed by atoms with Gasteiger partial charge >= 0.3 is 11.9 Å². The number of ether oxygens (including phenoxy) is 2. The smallest absolute Gasteiger partial charge is 0.310 e. The van der Waals surface area contributed by atoms with Crippen molar-refractivity contribution in [1.29, 1.82) is 0 Å². The number of rotatable bonds is 7. The Morgan fingerprint density at radius 2 is 1.41 bits per heavy atom. The van der Waals surface area contributed by atoms with Gasteiger partial charge in [-0.25, -0.2) is 4.89 Å². The maximum Gasteiger partial charge on any atom is 0.310 e. The number of carboxylic acids is 1. The van der Waals surface area contributed by atoms with Gasteiger partial charge in [-0.2, -0.15) is 0 Å². The predicted octanol–water partition coefficient (Wildman–Crippen LogP) is 5.32. The van der Waals surface area contributed by atoms with Crippen molar-refractivity contribution >= 4 is 11.9 Å². The number of aliphatic carboxylic acids is 1. The van der Waals surface area contributed by atoms with E-state index < -0.39 is 17.8 Å². The van der Waals surface area contributed by atoms with E-state index in [1.807, 2.05) is 0 Å². The minimum Gasteiger partial charge on any atom is -0.481 e. The van der Waals surface area contributed by atoms with Crippen LogP contribution in [0.25, 0.3) is 0 Å². The Balaban J connectivity index is 1.41. The molecule has 4 aliphatic rings. The third-order valence-corrected chi connectivity index (χ3v) is 9.39. The lowest BCUT2D eigenvalue weighted by molar-refractivity contribution is -0.263. The highest BCUT2D eigenvalue weighted by molar-refractivity contribution is 5.81. The monoisotopic (exact) mass is 480 g/mol. The molecular formula is C27H44O7. The summed E-state index contributed by atoms with van der Waals surface area (Å²) in [5.41, 5.74) is 0. The lowest BCUT2D eigenvalue weighted by Gasteiger charge is -2.47. The molecule has 0 aromatic rings. The summed E-state index contributed by atoms with van der Waals surface area (Å²) in [7, 11) is 0. The molecule has 4 aliphatic carbocycles. The SMILES string of the molecule is CC1CCC(COO)C(OC2CCC(OC(=O)C3CC(C)CCC3C(=O)O)C3CCCCC23)C1. The van der Waals surface area contributed by atoms with Gasteiger partial charge in [0.25, 0.3) is 0 Å². The minimum absolute atomic E-state index is 0.0997. The molecule has 0 bridgehead atoms. The van der Waals surface area contributed by atoms with Crippen LogP contribution in [0, 0.1) is 41.4 Å². The van der Waals surface area contributed by atoms with E-state index in [1.165, 1.54) is 6.42 Å². The van der Waals surface area contributed by atoms with E-state index in [0.717, 1.165) is 57.8 Å². The molecule has 0 saturated heterocycles. The third kappa shape index (κ3) is 5.96. The van der Waals surface area contributed by atoms with Gasteiger partial charge in [0.05, 0.1) is 30.7 Å². The molecule has 4 saturated carbocycles. The first-order valence-corrected chi connectivity index (χ1v) is 13.7. The summed E-state index contributed by atoms with van der Waals surface area (Å²) in [5, 5.41) is 18.7. The highest BCUT2D eigenvalue weighted by Gasteiger charge is 2.46. The van der Waals surface area contributed by atoms with Crippen LogP contribution in [0.5, 0.6) is 0 Å². The molecule has 0 heterocycles. The van der Waals surface area contributed by atoms with Crippen LogP contribution in [-0.4, -0.2) is 47.2 Å².